The van der Waals surface area contributed by atoms with Crippen molar-refractivity contribution in [3.8, 4) is 0 Å². The molecule has 1 aliphatic rings. The van der Waals surface area contributed by atoms with Crippen LogP contribution in [-0.4, -0.2) is 23.1 Å². The van der Waals surface area contributed by atoms with Gasteiger partial charge in [0.15, 0.2) is 0 Å². The number of nitrogens with zero attached hydrogens (tertiary/aromatic N) is 2. The maximum atomic E-state index is 5.58. The maximum absolute atomic E-state index is 5.58. The summed E-state index contributed by atoms with van der Waals surface area (Å²) in [4.78, 5) is 10.1. The van der Waals surface area contributed by atoms with Crippen molar-refractivity contribution >= 4 is 22.8 Å². The fraction of sp³-hybridized carbons (Fsp3) is 0.250. The Morgan fingerprint density at radius 2 is 2.12 bits per heavy atom. The van der Waals surface area contributed by atoms with Crippen LogP contribution in [0.3, 0.4) is 0 Å². The lowest BCUT2D eigenvalue weighted by atomic mass is 10.1. The highest BCUT2D eigenvalue weighted by Crippen LogP contribution is 2.28. The summed E-state index contributed by atoms with van der Waals surface area (Å²) in [6.45, 7) is 6.06. The minimum atomic E-state index is 0.911. The Labute approximate surface area is 141 Å². The predicted molar refractivity (Wildman–Crippen MR) is 98.2 cm³/mol. The van der Waals surface area contributed by atoms with Crippen molar-refractivity contribution < 1.29 is 4.42 Å². The molecule has 24 heavy (non-hydrogen) atoms. The highest BCUT2D eigenvalue weighted by atomic mass is 16.3. The Kier molecular flexibility index (Phi) is 3.73. The van der Waals surface area contributed by atoms with Gasteiger partial charge in [0.2, 0.25) is 0 Å². The number of fused-ring (bicyclic) bond motifs is 1. The van der Waals surface area contributed by atoms with E-state index in [1.807, 2.05) is 37.5 Å². The van der Waals surface area contributed by atoms with E-state index in [9.17, 15) is 0 Å². The summed E-state index contributed by atoms with van der Waals surface area (Å²) in [6, 6.07) is 6.09. The monoisotopic (exact) mass is 319 g/mol. The molecule has 0 bridgehead atoms. The van der Waals surface area contributed by atoms with Gasteiger partial charge in [-0.05, 0) is 55.7 Å². The first kappa shape index (κ1) is 14.8. The number of anilines is 1. The number of hydrogen-bond acceptors (Lipinski definition) is 3. The Morgan fingerprint density at radius 3 is 2.88 bits per heavy atom. The average Bonchev–Trinajstić information content (AvgIpc) is 3.23. The van der Waals surface area contributed by atoms with E-state index < -0.39 is 0 Å². The number of aromatic nitrogens is 2. The van der Waals surface area contributed by atoms with E-state index in [1.165, 1.54) is 22.2 Å². The van der Waals surface area contributed by atoms with Crippen LogP contribution in [0, 0.1) is 13.8 Å². The second-order valence-electron chi connectivity index (χ2n) is 6.27. The van der Waals surface area contributed by atoms with Crippen LogP contribution in [0.5, 0.6) is 0 Å². The molecule has 0 saturated heterocycles. The summed E-state index contributed by atoms with van der Waals surface area (Å²) in [7, 11) is 0. The van der Waals surface area contributed by atoms with E-state index in [4.69, 9.17) is 4.42 Å². The van der Waals surface area contributed by atoms with Crippen molar-refractivity contribution in [2.75, 3.05) is 18.0 Å². The van der Waals surface area contributed by atoms with Gasteiger partial charge in [-0.1, -0.05) is 12.2 Å². The highest BCUT2D eigenvalue weighted by Gasteiger charge is 2.15. The van der Waals surface area contributed by atoms with Crippen LogP contribution in [0.15, 0.2) is 52.7 Å². The summed E-state index contributed by atoms with van der Waals surface area (Å²) in [5.74, 6) is 1.86. The molecular weight excluding hydrogens is 298 g/mol. The van der Waals surface area contributed by atoms with Crippen LogP contribution >= 0.6 is 0 Å². The van der Waals surface area contributed by atoms with Gasteiger partial charge in [-0.3, -0.25) is 0 Å². The number of pyridine rings is 1. The Morgan fingerprint density at radius 1 is 1.21 bits per heavy atom. The molecule has 122 valence electrons. The van der Waals surface area contributed by atoms with E-state index in [1.54, 1.807) is 0 Å². The third-order valence-electron chi connectivity index (χ3n) is 4.64. The molecule has 0 amide bonds. The summed E-state index contributed by atoms with van der Waals surface area (Å²) in [5.41, 5.74) is 4.83. The molecule has 3 aromatic rings. The molecule has 0 unspecified atom stereocenters. The van der Waals surface area contributed by atoms with Gasteiger partial charge in [-0.2, -0.15) is 0 Å². The number of hydrogen-bond donors (Lipinski definition) is 1. The molecule has 0 atom stereocenters. The number of allylic oxidation sites excluding steroid dienone is 1. The first-order chi connectivity index (χ1) is 11.7. The van der Waals surface area contributed by atoms with Gasteiger partial charge in [-0.25, -0.2) is 4.98 Å². The molecule has 0 aromatic carbocycles. The number of furan rings is 1. The fourth-order valence-corrected chi connectivity index (χ4v) is 3.24. The van der Waals surface area contributed by atoms with Gasteiger partial charge in [0.05, 0.1) is 11.9 Å². The molecule has 0 radical (unpaired) electrons. The minimum absolute atomic E-state index is 0.911. The largest absolute Gasteiger partial charge is 0.462 e. The molecule has 0 spiro atoms. The summed E-state index contributed by atoms with van der Waals surface area (Å²) < 4.78 is 5.58. The molecule has 0 saturated carbocycles. The van der Waals surface area contributed by atoms with E-state index in [0.29, 0.717) is 0 Å². The van der Waals surface area contributed by atoms with Gasteiger partial charge < -0.3 is 14.3 Å². The molecular formula is C20H21N3O. The minimum Gasteiger partial charge on any atom is -0.462 e. The first-order valence-corrected chi connectivity index (χ1v) is 8.32. The van der Waals surface area contributed by atoms with Crippen molar-refractivity contribution in [3.05, 3.63) is 65.4 Å². The molecule has 0 fully saturated rings. The lowest BCUT2D eigenvalue weighted by Gasteiger charge is -2.29. The van der Waals surface area contributed by atoms with Crippen molar-refractivity contribution in [1.82, 2.24) is 9.97 Å². The number of nitrogens with one attached hydrogen (secondary N) is 1. The number of aryl methyl sites for hydroxylation is 2. The predicted octanol–water partition coefficient (Wildman–Crippen LogP) is 4.62. The molecule has 1 N–H and O–H groups in total. The molecule has 4 heterocycles. The topological polar surface area (TPSA) is 45.1 Å². The number of rotatable bonds is 3. The Hall–Kier alpha value is -2.75. The van der Waals surface area contributed by atoms with Crippen molar-refractivity contribution in [2.45, 2.75) is 20.3 Å². The number of H-pyrrole nitrogens is 1. The molecule has 0 aliphatic carbocycles. The summed E-state index contributed by atoms with van der Waals surface area (Å²) >= 11 is 0. The Bertz CT molecular complexity index is 929. The van der Waals surface area contributed by atoms with Gasteiger partial charge in [0.1, 0.15) is 17.2 Å². The molecule has 1 aliphatic heterocycles. The second-order valence-corrected chi connectivity index (χ2v) is 6.27. The fourth-order valence-electron chi connectivity index (χ4n) is 3.24. The first-order valence-electron chi connectivity index (χ1n) is 8.32. The average molecular weight is 319 g/mol. The second kappa shape index (κ2) is 6.04. The zero-order chi connectivity index (χ0) is 16.5. The Balaban J connectivity index is 1.51. The third kappa shape index (κ3) is 2.75. The van der Waals surface area contributed by atoms with Gasteiger partial charge in [0, 0.05) is 24.7 Å². The highest BCUT2D eigenvalue weighted by molar-refractivity contribution is 5.84. The van der Waals surface area contributed by atoms with Gasteiger partial charge in [-0.15, -0.1) is 0 Å². The zero-order valence-corrected chi connectivity index (χ0v) is 14.0. The zero-order valence-electron chi connectivity index (χ0n) is 14.0. The van der Waals surface area contributed by atoms with Crippen LogP contribution in [0.1, 0.15) is 23.5 Å². The van der Waals surface area contributed by atoms with E-state index in [0.717, 1.165) is 36.7 Å². The van der Waals surface area contributed by atoms with E-state index in [2.05, 4.69) is 40.0 Å². The van der Waals surface area contributed by atoms with Crippen LogP contribution in [-0.2, 0) is 0 Å². The number of aromatic amines is 1. The van der Waals surface area contributed by atoms with E-state index >= 15 is 0 Å². The smallest absolute Gasteiger partial charge is 0.137 e. The van der Waals surface area contributed by atoms with Gasteiger partial charge >= 0.3 is 0 Å². The van der Waals surface area contributed by atoms with Crippen LogP contribution < -0.4 is 4.90 Å². The van der Waals surface area contributed by atoms with E-state index in [-0.39, 0.29) is 0 Å². The molecule has 4 heteroatoms. The van der Waals surface area contributed by atoms with Crippen molar-refractivity contribution in [1.29, 1.82) is 0 Å². The normalized spacial score (nSPS) is 15.4. The molecule has 4 nitrogen and oxygen atoms in total. The standard InChI is InChI=1S/C20H21N3O/c1-14-3-5-17(24-14)6-4-16-8-11-23(12-9-16)19-13-22-20-18(15(19)2)7-10-21-20/h3-8,10,13H,9,11-12H2,1-2H3,(H,21,22). The summed E-state index contributed by atoms with van der Waals surface area (Å²) in [5, 5.41) is 1.20. The quantitative estimate of drug-likeness (QED) is 0.766. The van der Waals surface area contributed by atoms with Crippen LogP contribution in [0.4, 0.5) is 5.69 Å². The van der Waals surface area contributed by atoms with Crippen LogP contribution in [0.25, 0.3) is 17.1 Å². The summed E-state index contributed by atoms with van der Waals surface area (Å²) in [6.07, 6.45) is 11.5. The maximum Gasteiger partial charge on any atom is 0.137 e. The van der Waals surface area contributed by atoms with Crippen molar-refractivity contribution in [3.63, 3.8) is 0 Å². The lowest BCUT2D eigenvalue weighted by Crippen LogP contribution is -2.29. The SMILES string of the molecule is Cc1ccc(C=CC2=CCN(c3cnc4[nH]ccc4c3C)CC2)o1. The van der Waals surface area contributed by atoms with Gasteiger partial charge in [0.25, 0.3) is 0 Å². The molecule has 3 aromatic heterocycles. The third-order valence-corrected chi connectivity index (χ3v) is 4.64. The van der Waals surface area contributed by atoms with Crippen LogP contribution in [0.2, 0.25) is 0 Å². The molecule has 4 rings (SSSR count). The van der Waals surface area contributed by atoms with Crippen molar-refractivity contribution in [2.24, 2.45) is 0 Å². The lowest BCUT2D eigenvalue weighted by molar-refractivity contribution is 0.525.